The van der Waals surface area contributed by atoms with E-state index in [2.05, 4.69) is 14.8 Å². The number of carbonyl (C=O) groups is 1. The second-order valence-electron chi connectivity index (χ2n) is 9.65. The van der Waals surface area contributed by atoms with E-state index in [1.807, 2.05) is 11.8 Å². The number of nitrogens with one attached hydrogen (secondary N) is 1. The summed E-state index contributed by atoms with van der Waals surface area (Å²) in [5, 5.41) is 13.1. The Labute approximate surface area is 197 Å². The molecule has 2 unspecified atom stereocenters. The Morgan fingerprint density at radius 1 is 1.32 bits per heavy atom. The van der Waals surface area contributed by atoms with Gasteiger partial charge < -0.3 is 10.1 Å². The lowest BCUT2D eigenvalue weighted by molar-refractivity contribution is -0.0114. The Balaban J connectivity index is 1.25. The van der Waals surface area contributed by atoms with Crippen LogP contribution in [0.2, 0.25) is 0 Å². The predicted octanol–water partition coefficient (Wildman–Crippen LogP) is 2.30. The van der Waals surface area contributed by atoms with Crippen molar-refractivity contribution in [2.75, 3.05) is 25.0 Å². The molecule has 3 N–H and O–H groups in total. The quantitative estimate of drug-likeness (QED) is 0.678. The smallest absolute Gasteiger partial charge is 0.354 e. The largest absolute Gasteiger partial charge is 0.475 e. The van der Waals surface area contributed by atoms with Crippen LogP contribution in [0.1, 0.15) is 47.7 Å². The number of urea groups is 1. The van der Waals surface area contributed by atoms with Gasteiger partial charge in [0.1, 0.15) is 17.7 Å². The molecule has 0 spiro atoms. The highest BCUT2D eigenvalue weighted by molar-refractivity contribution is 7.91. The standard InChI is InChI=1S/C22H28FN7O3S/c1-12-19(13-5-6-13)26-17-4-2-3-16(17)20(12)27-22(31)28-34(24,32)18-7-25-30-10-15(11-33-21(18)30)29-8-14(23)9-29/h7,13-15H,2-6,8-11H2,1H3,(H3,24,26,27,28,31,32). The molecular weight excluding hydrogens is 461 g/mol. The van der Waals surface area contributed by atoms with Gasteiger partial charge in [-0.15, -0.1) is 4.36 Å². The molecule has 0 aromatic carbocycles. The summed E-state index contributed by atoms with van der Waals surface area (Å²) >= 11 is 0. The maximum absolute atomic E-state index is 13.3. The van der Waals surface area contributed by atoms with Gasteiger partial charge in [0, 0.05) is 30.4 Å². The zero-order valence-corrected chi connectivity index (χ0v) is 19.8. The highest BCUT2D eigenvalue weighted by Crippen LogP contribution is 2.44. The average molecular weight is 490 g/mol. The van der Waals surface area contributed by atoms with Gasteiger partial charge in [0.05, 0.1) is 24.5 Å². The average Bonchev–Trinajstić information content (AvgIpc) is 3.34. The van der Waals surface area contributed by atoms with Crippen molar-refractivity contribution in [3.63, 3.8) is 0 Å². The van der Waals surface area contributed by atoms with E-state index < -0.39 is 22.1 Å². The minimum absolute atomic E-state index is 0.0151. The summed E-state index contributed by atoms with van der Waals surface area (Å²) in [6, 6.07) is -0.778. The SMILES string of the molecule is Cc1c(C2CC2)nc2c(c1NC(=O)N=S(N)(=O)c1cnn3c1OCC(N1CC(F)C1)C3)CCC2. The first-order valence-corrected chi connectivity index (χ1v) is 13.3. The van der Waals surface area contributed by atoms with Gasteiger partial charge in [-0.2, -0.15) is 5.10 Å². The number of alkyl halides is 1. The summed E-state index contributed by atoms with van der Waals surface area (Å²) in [6.07, 6.45) is 5.49. The van der Waals surface area contributed by atoms with E-state index >= 15 is 0 Å². The number of aromatic nitrogens is 3. The number of aryl methyl sites for hydroxylation is 1. The van der Waals surface area contributed by atoms with E-state index in [1.54, 1.807) is 4.68 Å². The number of nitrogens with two attached hydrogens (primary N) is 1. The molecule has 182 valence electrons. The van der Waals surface area contributed by atoms with Crippen LogP contribution in [0.25, 0.3) is 0 Å². The van der Waals surface area contributed by atoms with Crippen molar-refractivity contribution in [2.24, 2.45) is 9.50 Å². The maximum Gasteiger partial charge on any atom is 0.354 e. The number of likely N-dealkylation sites (tertiary alicyclic amines) is 1. The zero-order valence-electron chi connectivity index (χ0n) is 19.0. The number of hydrogen-bond donors (Lipinski definition) is 2. The number of fused-ring (bicyclic) bond motifs is 2. The number of rotatable bonds is 4. The molecule has 0 radical (unpaired) electrons. The summed E-state index contributed by atoms with van der Waals surface area (Å²) in [7, 11) is -3.59. The monoisotopic (exact) mass is 489 g/mol. The zero-order chi connectivity index (χ0) is 23.6. The number of ether oxygens (including phenoxy) is 1. The van der Waals surface area contributed by atoms with Crippen LogP contribution in [-0.2, 0) is 29.3 Å². The van der Waals surface area contributed by atoms with Crippen LogP contribution in [0.15, 0.2) is 15.5 Å². The van der Waals surface area contributed by atoms with Gasteiger partial charge in [0.25, 0.3) is 0 Å². The van der Waals surface area contributed by atoms with Crippen LogP contribution in [0, 0.1) is 6.92 Å². The van der Waals surface area contributed by atoms with Crippen molar-refractivity contribution >= 4 is 21.6 Å². The van der Waals surface area contributed by atoms with Crippen LogP contribution in [0.3, 0.4) is 0 Å². The molecule has 34 heavy (non-hydrogen) atoms. The third-order valence-corrected chi connectivity index (χ3v) is 8.52. The topological polar surface area (TPSA) is 128 Å². The number of pyridine rings is 1. The second-order valence-corrected chi connectivity index (χ2v) is 11.4. The van der Waals surface area contributed by atoms with Crippen molar-refractivity contribution in [2.45, 2.75) is 68.6 Å². The first-order chi connectivity index (χ1) is 16.3. The molecule has 2 aliphatic carbocycles. The molecule has 2 amide bonds. The van der Waals surface area contributed by atoms with Crippen molar-refractivity contribution < 1.29 is 18.1 Å². The third kappa shape index (κ3) is 3.77. The number of carbonyl (C=O) groups excluding carboxylic acids is 1. The van der Waals surface area contributed by atoms with Gasteiger partial charge in [-0.05, 0) is 50.2 Å². The van der Waals surface area contributed by atoms with Gasteiger partial charge in [0.2, 0.25) is 5.88 Å². The molecule has 10 nitrogen and oxygen atoms in total. The minimum Gasteiger partial charge on any atom is -0.475 e. The minimum atomic E-state index is -3.59. The van der Waals surface area contributed by atoms with Gasteiger partial charge >= 0.3 is 6.03 Å². The van der Waals surface area contributed by atoms with Crippen LogP contribution >= 0.6 is 0 Å². The number of hydrogen-bond acceptors (Lipinski definition) is 6. The number of nitrogens with zero attached hydrogens (tertiary/aromatic N) is 5. The Hall–Kier alpha value is -2.57. The normalized spacial score (nSPS) is 23.9. The molecular formula is C22H28FN7O3S. The molecule has 1 saturated heterocycles. The number of amides is 2. The summed E-state index contributed by atoms with van der Waals surface area (Å²) < 4.78 is 37.7. The second kappa shape index (κ2) is 7.99. The molecule has 1 saturated carbocycles. The number of anilines is 1. The van der Waals surface area contributed by atoms with Crippen LogP contribution in [0.5, 0.6) is 5.88 Å². The molecule has 12 heteroatoms. The lowest BCUT2D eigenvalue weighted by Gasteiger charge is -2.41. The highest BCUT2D eigenvalue weighted by atomic mass is 32.2. The Morgan fingerprint density at radius 3 is 2.85 bits per heavy atom. The molecule has 4 heterocycles. The fourth-order valence-electron chi connectivity index (χ4n) is 5.16. The summed E-state index contributed by atoms with van der Waals surface area (Å²) in [6.45, 7) is 3.49. The van der Waals surface area contributed by atoms with Crippen LogP contribution in [-0.4, -0.2) is 61.8 Å². The lowest BCUT2D eigenvalue weighted by atomic mass is 10.0. The lowest BCUT2D eigenvalue weighted by Crippen LogP contribution is -2.57. The van der Waals surface area contributed by atoms with E-state index in [0.717, 1.165) is 60.3 Å². The van der Waals surface area contributed by atoms with E-state index in [9.17, 15) is 13.4 Å². The summed E-state index contributed by atoms with van der Waals surface area (Å²) in [5.74, 6) is 0.693. The van der Waals surface area contributed by atoms with Crippen molar-refractivity contribution in [1.29, 1.82) is 0 Å². The van der Waals surface area contributed by atoms with E-state index in [0.29, 0.717) is 32.2 Å². The fourth-order valence-corrected chi connectivity index (χ4v) is 6.17. The Kier molecular flexibility index (Phi) is 5.15. The van der Waals surface area contributed by atoms with E-state index in [4.69, 9.17) is 14.9 Å². The molecule has 2 aromatic heterocycles. The molecule has 2 fully saturated rings. The first-order valence-electron chi connectivity index (χ1n) is 11.7. The fraction of sp³-hybridized carbons (Fsp3) is 0.591. The number of halogens is 1. The molecule has 2 aliphatic heterocycles. The predicted molar refractivity (Wildman–Crippen MR) is 123 cm³/mol. The molecule has 2 atom stereocenters. The van der Waals surface area contributed by atoms with Crippen molar-refractivity contribution in [3.8, 4) is 5.88 Å². The summed E-state index contributed by atoms with van der Waals surface area (Å²) in [5.41, 5.74) is 4.79. The Morgan fingerprint density at radius 2 is 2.12 bits per heavy atom. The van der Waals surface area contributed by atoms with Gasteiger partial charge in [0.15, 0.2) is 9.92 Å². The van der Waals surface area contributed by atoms with E-state index in [1.165, 1.54) is 6.20 Å². The van der Waals surface area contributed by atoms with Crippen molar-refractivity contribution in [3.05, 3.63) is 28.7 Å². The molecule has 6 rings (SSSR count). The molecule has 4 aliphatic rings. The summed E-state index contributed by atoms with van der Waals surface area (Å²) in [4.78, 5) is 19.8. The first kappa shape index (κ1) is 21.9. The molecule has 2 aromatic rings. The van der Waals surface area contributed by atoms with Gasteiger partial charge in [-0.3, -0.25) is 9.88 Å². The highest BCUT2D eigenvalue weighted by Gasteiger charge is 2.37. The molecule has 0 bridgehead atoms. The van der Waals surface area contributed by atoms with E-state index in [-0.39, 0.29) is 16.8 Å². The van der Waals surface area contributed by atoms with Gasteiger partial charge in [-0.25, -0.2) is 23.2 Å². The van der Waals surface area contributed by atoms with Crippen LogP contribution in [0.4, 0.5) is 14.9 Å². The third-order valence-electron chi connectivity index (χ3n) is 7.17. The maximum atomic E-state index is 13.3. The Bertz CT molecular complexity index is 1290. The van der Waals surface area contributed by atoms with Crippen molar-refractivity contribution in [1.82, 2.24) is 19.7 Å². The van der Waals surface area contributed by atoms with Gasteiger partial charge in [-0.1, -0.05) is 0 Å². The van der Waals surface area contributed by atoms with Crippen LogP contribution < -0.4 is 15.2 Å².